The third-order valence-corrected chi connectivity index (χ3v) is 14.2. The van der Waals surface area contributed by atoms with E-state index in [1.165, 1.54) is 87.6 Å². The molecule has 0 unspecified atom stereocenters. The second-order valence-corrected chi connectivity index (χ2v) is 17.9. The predicted octanol–water partition coefficient (Wildman–Crippen LogP) is 17.4. The standard InChI is InChI=1S/C61H38O2/c1-61(2)52-29-26-37(41-22-12-24-48-50-33-56-51(34-55(50)63-60(41)48)59-40-17-6-4-14-36(40)27-30-54(59)62-56)31-49(52)42-28-25-38(32-53(42)61)57-44-18-7-9-20-46(44)58(47-21-10-8-19-45(47)57)43-23-11-15-35-13-3-5-16-39(35)43/h3-34H,1-2H3. The number of benzene rings is 11. The van der Waals surface area contributed by atoms with E-state index in [1.807, 2.05) is 0 Å². The summed E-state index contributed by atoms with van der Waals surface area (Å²) in [6.07, 6.45) is 0. The Bertz CT molecular complexity index is 4060. The van der Waals surface area contributed by atoms with Crippen LogP contribution in [0.4, 0.5) is 0 Å². The van der Waals surface area contributed by atoms with Crippen LogP contribution < -0.4 is 0 Å². The van der Waals surface area contributed by atoms with E-state index < -0.39 is 0 Å². The summed E-state index contributed by atoms with van der Waals surface area (Å²) >= 11 is 0. The van der Waals surface area contributed by atoms with Gasteiger partial charge in [0.25, 0.3) is 0 Å². The van der Waals surface area contributed by atoms with Crippen molar-refractivity contribution < 1.29 is 8.83 Å². The second-order valence-electron chi connectivity index (χ2n) is 17.9. The van der Waals surface area contributed by atoms with Crippen LogP contribution in [0.5, 0.6) is 0 Å². The van der Waals surface area contributed by atoms with E-state index in [4.69, 9.17) is 8.83 Å². The first-order valence-corrected chi connectivity index (χ1v) is 21.9. The fourth-order valence-corrected chi connectivity index (χ4v) is 11.3. The van der Waals surface area contributed by atoms with Gasteiger partial charge in [-0.2, -0.15) is 0 Å². The Hall–Kier alpha value is -7.94. The van der Waals surface area contributed by atoms with Crippen LogP contribution in [0.25, 0.3) is 131 Å². The summed E-state index contributed by atoms with van der Waals surface area (Å²) in [6, 6.07) is 71.2. The fourth-order valence-electron chi connectivity index (χ4n) is 11.3. The highest BCUT2D eigenvalue weighted by Gasteiger charge is 2.36. The van der Waals surface area contributed by atoms with Gasteiger partial charge >= 0.3 is 0 Å². The van der Waals surface area contributed by atoms with Crippen LogP contribution in [-0.2, 0) is 5.41 Å². The molecule has 63 heavy (non-hydrogen) atoms. The number of para-hydroxylation sites is 1. The van der Waals surface area contributed by atoms with Crippen molar-refractivity contribution in [2.24, 2.45) is 0 Å². The summed E-state index contributed by atoms with van der Waals surface area (Å²) in [7, 11) is 0. The van der Waals surface area contributed by atoms with E-state index in [0.29, 0.717) is 0 Å². The highest BCUT2D eigenvalue weighted by Crippen LogP contribution is 2.53. The Balaban J connectivity index is 0.922. The monoisotopic (exact) mass is 802 g/mol. The molecule has 294 valence electrons. The van der Waals surface area contributed by atoms with Gasteiger partial charge in [0.05, 0.1) is 0 Å². The van der Waals surface area contributed by atoms with Crippen LogP contribution >= 0.6 is 0 Å². The van der Waals surface area contributed by atoms with Crippen molar-refractivity contribution in [2.75, 3.05) is 0 Å². The van der Waals surface area contributed by atoms with Gasteiger partial charge in [0.1, 0.15) is 22.3 Å². The zero-order valence-corrected chi connectivity index (χ0v) is 34.8. The molecule has 0 saturated carbocycles. The van der Waals surface area contributed by atoms with Crippen molar-refractivity contribution in [3.8, 4) is 44.5 Å². The van der Waals surface area contributed by atoms with E-state index in [2.05, 4.69) is 208 Å². The molecule has 2 nitrogen and oxygen atoms in total. The first-order chi connectivity index (χ1) is 31.0. The highest BCUT2D eigenvalue weighted by molar-refractivity contribution is 6.25. The summed E-state index contributed by atoms with van der Waals surface area (Å²) in [4.78, 5) is 0. The minimum Gasteiger partial charge on any atom is -0.456 e. The molecule has 0 saturated heterocycles. The minimum absolute atomic E-state index is 0.194. The molecule has 0 atom stereocenters. The lowest BCUT2D eigenvalue weighted by molar-refractivity contribution is 0.660. The molecular weight excluding hydrogens is 765 g/mol. The summed E-state index contributed by atoms with van der Waals surface area (Å²) in [5, 5.41) is 14.3. The van der Waals surface area contributed by atoms with Gasteiger partial charge in [-0.25, -0.2) is 0 Å². The third-order valence-electron chi connectivity index (χ3n) is 14.2. The lowest BCUT2D eigenvalue weighted by atomic mass is 9.80. The Morgan fingerprint density at radius 1 is 0.317 bits per heavy atom. The zero-order valence-electron chi connectivity index (χ0n) is 34.8. The van der Waals surface area contributed by atoms with Gasteiger partial charge in [-0.15, -0.1) is 0 Å². The average molecular weight is 803 g/mol. The topological polar surface area (TPSA) is 26.3 Å². The van der Waals surface area contributed by atoms with Crippen molar-refractivity contribution in [1.82, 2.24) is 0 Å². The Labute approximate surface area is 363 Å². The molecule has 2 aromatic heterocycles. The highest BCUT2D eigenvalue weighted by atomic mass is 16.3. The molecule has 2 heteroatoms. The lowest BCUT2D eigenvalue weighted by Crippen LogP contribution is -2.15. The van der Waals surface area contributed by atoms with Gasteiger partial charge in [0.2, 0.25) is 0 Å². The second kappa shape index (κ2) is 12.6. The molecule has 0 amide bonds. The smallest absolute Gasteiger partial charge is 0.143 e. The molecule has 0 radical (unpaired) electrons. The van der Waals surface area contributed by atoms with Gasteiger partial charge in [0, 0.05) is 32.5 Å². The van der Waals surface area contributed by atoms with Crippen LogP contribution in [0, 0.1) is 0 Å². The van der Waals surface area contributed by atoms with Gasteiger partial charge < -0.3 is 8.83 Å². The van der Waals surface area contributed by atoms with Gasteiger partial charge in [-0.3, -0.25) is 0 Å². The van der Waals surface area contributed by atoms with Crippen molar-refractivity contribution in [2.45, 2.75) is 19.3 Å². The van der Waals surface area contributed by atoms with Gasteiger partial charge in [0.15, 0.2) is 0 Å². The fraction of sp³-hybridized carbons (Fsp3) is 0.0492. The summed E-state index contributed by atoms with van der Waals surface area (Å²) < 4.78 is 13.3. The van der Waals surface area contributed by atoms with E-state index in [9.17, 15) is 0 Å². The SMILES string of the molecule is CC1(C)c2ccc(-c3cccc4c3oc3cc5c(cc34)oc3ccc4ccccc4c35)cc2-c2ccc(-c3c4ccccc4c(-c4cccc5ccccc45)c4ccccc34)cc21. The van der Waals surface area contributed by atoms with E-state index >= 15 is 0 Å². The zero-order chi connectivity index (χ0) is 41.6. The molecule has 0 aliphatic heterocycles. The van der Waals surface area contributed by atoms with Gasteiger partial charge in [-0.05, 0) is 123 Å². The number of hydrogen-bond donors (Lipinski definition) is 0. The largest absolute Gasteiger partial charge is 0.456 e. The first-order valence-electron chi connectivity index (χ1n) is 21.9. The molecular formula is C61H38O2. The van der Waals surface area contributed by atoms with Crippen molar-refractivity contribution in [3.63, 3.8) is 0 Å². The van der Waals surface area contributed by atoms with Crippen molar-refractivity contribution >= 4 is 87.0 Å². The lowest BCUT2D eigenvalue weighted by Gasteiger charge is -2.23. The Morgan fingerprint density at radius 3 is 1.68 bits per heavy atom. The molecule has 2 heterocycles. The summed E-state index contributed by atoms with van der Waals surface area (Å²) in [5.74, 6) is 0. The molecule has 13 aromatic rings. The van der Waals surface area contributed by atoms with Gasteiger partial charge in [-0.1, -0.05) is 178 Å². The maximum Gasteiger partial charge on any atom is 0.143 e. The summed E-state index contributed by atoms with van der Waals surface area (Å²) in [5.41, 5.74) is 15.9. The third kappa shape index (κ3) is 4.78. The maximum absolute atomic E-state index is 6.86. The van der Waals surface area contributed by atoms with Crippen LogP contribution in [-0.4, -0.2) is 0 Å². The molecule has 11 aromatic carbocycles. The Morgan fingerprint density at radius 2 is 0.905 bits per heavy atom. The molecule has 1 aliphatic rings. The van der Waals surface area contributed by atoms with Crippen LogP contribution in [0.1, 0.15) is 25.0 Å². The Kier molecular flexibility index (Phi) is 6.93. The normalized spacial score (nSPS) is 13.4. The molecule has 0 spiro atoms. The van der Waals surface area contributed by atoms with E-state index in [0.717, 1.165) is 55.0 Å². The molecule has 14 rings (SSSR count). The van der Waals surface area contributed by atoms with E-state index in [-0.39, 0.29) is 5.41 Å². The number of hydrogen-bond acceptors (Lipinski definition) is 2. The van der Waals surface area contributed by atoms with E-state index in [1.54, 1.807) is 0 Å². The average Bonchev–Trinajstić information content (AvgIpc) is 3.96. The molecule has 0 bridgehead atoms. The maximum atomic E-state index is 6.86. The molecule has 1 aliphatic carbocycles. The first kappa shape index (κ1) is 34.7. The number of furan rings is 2. The van der Waals surface area contributed by atoms with Crippen LogP contribution in [0.3, 0.4) is 0 Å². The summed E-state index contributed by atoms with van der Waals surface area (Å²) in [6.45, 7) is 4.76. The quantitative estimate of drug-likeness (QED) is 0.166. The van der Waals surface area contributed by atoms with Crippen LogP contribution in [0.15, 0.2) is 203 Å². The minimum atomic E-state index is -0.194. The van der Waals surface area contributed by atoms with Crippen molar-refractivity contribution in [3.05, 3.63) is 205 Å². The predicted molar refractivity (Wildman–Crippen MR) is 265 cm³/mol. The number of fused-ring (bicyclic) bond motifs is 14. The number of rotatable bonds is 3. The molecule has 0 N–H and O–H groups in total. The van der Waals surface area contributed by atoms with Crippen molar-refractivity contribution in [1.29, 1.82) is 0 Å². The van der Waals surface area contributed by atoms with Crippen LogP contribution in [0.2, 0.25) is 0 Å². The molecule has 0 fully saturated rings.